The normalized spacial score (nSPS) is 10.6. The third-order valence-corrected chi connectivity index (χ3v) is 4.74. The molecule has 150 valence electrons. The van der Waals surface area contributed by atoms with Crippen molar-refractivity contribution in [3.63, 3.8) is 0 Å². The van der Waals surface area contributed by atoms with Crippen LogP contribution in [-0.4, -0.2) is 27.5 Å². The molecular formula is C19H17FN4O4S. The van der Waals surface area contributed by atoms with Crippen LogP contribution in [-0.2, 0) is 0 Å². The number of anilines is 2. The number of H-pyrrole nitrogens is 1. The van der Waals surface area contributed by atoms with Gasteiger partial charge in [-0.05, 0) is 42.8 Å². The van der Waals surface area contributed by atoms with Gasteiger partial charge in [0.05, 0.1) is 6.26 Å². The van der Waals surface area contributed by atoms with E-state index in [-0.39, 0.29) is 22.8 Å². The van der Waals surface area contributed by atoms with Gasteiger partial charge in [0.1, 0.15) is 5.82 Å². The van der Waals surface area contributed by atoms with E-state index in [0.29, 0.717) is 10.9 Å². The molecule has 0 fully saturated rings. The van der Waals surface area contributed by atoms with Crippen LogP contribution in [0.4, 0.5) is 15.9 Å². The standard InChI is InChI=1S/C19H17FN4O4S/c1-2-10-29-19-23-15(22-17(26)13-4-3-9-28-13)14(18(27)24-19)21-16(25)11-5-7-12(20)8-6-11/h3-9H,2,10H2,1H3,(H,21,25)(H2,22,23,24,26,27). The van der Waals surface area contributed by atoms with E-state index >= 15 is 0 Å². The van der Waals surface area contributed by atoms with Crippen LogP contribution in [0.3, 0.4) is 0 Å². The largest absolute Gasteiger partial charge is 0.459 e. The maximum absolute atomic E-state index is 13.1. The first-order valence-corrected chi connectivity index (χ1v) is 9.65. The predicted octanol–water partition coefficient (Wildman–Crippen LogP) is 3.51. The van der Waals surface area contributed by atoms with Gasteiger partial charge in [0.25, 0.3) is 17.4 Å². The summed E-state index contributed by atoms with van der Waals surface area (Å²) in [5.74, 6) is -1.17. The Kier molecular flexibility index (Phi) is 6.45. The average molecular weight is 416 g/mol. The van der Waals surface area contributed by atoms with Crippen LogP contribution in [0.15, 0.2) is 57.0 Å². The van der Waals surface area contributed by atoms with Gasteiger partial charge in [0.2, 0.25) is 0 Å². The lowest BCUT2D eigenvalue weighted by Gasteiger charge is -2.12. The minimum atomic E-state index is -0.653. The highest BCUT2D eigenvalue weighted by Gasteiger charge is 2.19. The summed E-state index contributed by atoms with van der Waals surface area (Å²) >= 11 is 1.30. The molecule has 0 aliphatic heterocycles. The van der Waals surface area contributed by atoms with Crippen molar-refractivity contribution < 1.29 is 18.4 Å². The number of hydrogen-bond donors (Lipinski definition) is 3. The smallest absolute Gasteiger partial charge is 0.292 e. The van der Waals surface area contributed by atoms with Gasteiger partial charge in [-0.3, -0.25) is 19.4 Å². The Bertz CT molecular complexity index is 1060. The fourth-order valence-electron chi connectivity index (χ4n) is 2.29. The minimum absolute atomic E-state index is 0.0191. The molecule has 0 saturated heterocycles. The zero-order chi connectivity index (χ0) is 20.8. The van der Waals surface area contributed by atoms with Crippen LogP contribution < -0.4 is 16.2 Å². The molecule has 0 unspecified atom stereocenters. The van der Waals surface area contributed by atoms with Crippen LogP contribution in [0.5, 0.6) is 0 Å². The van der Waals surface area contributed by atoms with Crippen LogP contribution in [0.1, 0.15) is 34.3 Å². The Balaban J connectivity index is 1.93. The summed E-state index contributed by atoms with van der Waals surface area (Å²) < 4.78 is 18.1. The van der Waals surface area contributed by atoms with E-state index in [1.54, 1.807) is 6.07 Å². The van der Waals surface area contributed by atoms with Crippen molar-refractivity contribution in [2.24, 2.45) is 0 Å². The molecule has 8 nitrogen and oxygen atoms in total. The topological polar surface area (TPSA) is 117 Å². The number of aromatic amines is 1. The molecular weight excluding hydrogens is 399 g/mol. The molecule has 0 atom stereocenters. The number of hydrogen-bond acceptors (Lipinski definition) is 6. The number of aromatic nitrogens is 2. The molecule has 2 aromatic heterocycles. The summed E-state index contributed by atoms with van der Waals surface area (Å²) in [6, 6.07) is 7.80. The molecule has 0 spiro atoms. The molecule has 1 aromatic carbocycles. The van der Waals surface area contributed by atoms with Gasteiger partial charge in [-0.1, -0.05) is 18.7 Å². The first kappa shape index (κ1) is 20.3. The van der Waals surface area contributed by atoms with Crippen LogP contribution in [0.2, 0.25) is 0 Å². The maximum Gasteiger partial charge on any atom is 0.292 e. The Labute approximate surface area is 168 Å². The van der Waals surface area contributed by atoms with E-state index < -0.39 is 23.2 Å². The lowest BCUT2D eigenvalue weighted by molar-refractivity contribution is 0.0992. The summed E-state index contributed by atoms with van der Waals surface area (Å²) in [7, 11) is 0. The Hall–Kier alpha value is -3.40. The first-order valence-electron chi connectivity index (χ1n) is 8.67. The molecule has 29 heavy (non-hydrogen) atoms. The fraction of sp³-hybridized carbons (Fsp3) is 0.158. The molecule has 2 heterocycles. The van der Waals surface area contributed by atoms with Gasteiger partial charge in [-0.2, -0.15) is 0 Å². The van der Waals surface area contributed by atoms with E-state index in [0.717, 1.165) is 18.6 Å². The van der Waals surface area contributed by atoms with Crippen molar-refractivity contribution >= 4 is 35.1 Å². The van der Waals surface area contributed by atoms with E-state index in [4.69, 9.17) is 4.42 Å². The lowest BCUT2D eigenvalue weighted by atomic mass is 10.2. The molecule has 3 rings (SSSR count). The van der Waals surface area contributed by atoms with Gasteiger partial charge in [-0.15, -0.1) is 0 Å². The van der Waals surface area contributed by atoms with E-state index in [1.807, 2.05) is 6.92 Å². The van der Waals surface area contributed by atoms with Crippen LogP contribution in [0.25, 0.3) is 0 Å². The van der Waals surface area contributed by atoms with E-state index in [1.165, 1.54) is 36.2 Å². The summed E-state index contributed by atoms with van der Waals surface area (Å²) in [6.45, 7) is 1.97. The van der Waals surface area contributed by atoms with Crippen molar-refractivity contribution in [3.8, 4) is 0 Å². The number of rotatable bonds is 7. The lowest BCUT2D eigenvalue weighted by Crippen LogP contribution is -2.25. The van der Waals surface area contributed by atoms with Gasteiger partial charge >= 0.3 is 0 Å². The molecule has 0 aliphatic rings. The Morgan fingerprint density at radius 1 is 1.17 bits per heavy atom. The van der Waals surface area contributed by atoms with Crippen molar-refractivity contribution in [2.45, 2.75) is 18.5 Å². The summed E-state index contributed by atoms with van der Waals surface area (Å²) in [5, 5.41) is 5.21. The summed E-state index contributed by atoms with van der Waals surface area (Å²) in [4.78, 5) is 44.2. The third kappa shape index (κ3) is 5.11. The van der Waals surface area contributed by atoms with Crippen LogP contribution in [0, 0.1) is 5.82 Å². The molecule has 0 aliphatic carbocycles. The Morgan fingerprint density at radius 3 is 2.59 bits per heavy atom. The van der Waals surface area contributed by atoms with Gasteiger partial charge in [0.15, 0.2) is 22.4 Å². The molecule has 2 amide bonds. The summed E-state index contributed by atoms with van der Waals surface area (Å²) in [5.41, 5.74) is -0.734. The number of thioether (sulfide) groups is 1. The quantitative estimate of drug-likeness (QED) is 0.401. The highest BCUT2D eigenvalue weighted by molar-refractivity contribution is 7.99. The van der Waals surface area contributed by atoms with Gasteiger partial charge in [0, 0.05) is 11.3 Å². The predicted molar refractivity (Wildman–Crippen MR) is 107 cm³/mol. The van der Waals surface area contributed by atoms with E-state index in [2.05, 4.69) is 20.6 Å². The van der Waals surface area contributed by atoms with Crippen LogP contribution >= 0.6 is 11.8 Å². The van der Waals surface area contributed by atoms with Crippen molar-refractivity contribution in [1.29, 1.82) is 0 Å². The number of carbonyl (C=O) groups is 2. The second-order valence-electron chi connectivity index (χ2n) is 5.84. The number of halogens is 1. The molecule has 3 N–H and O–H groups in total. The van der Waals surface area contributed by atoms with Gasteiger partial charge in [-0.25, -0.2) is 9.37 Å². The second kappa shape index (κ2) is 9.20. The number of amides is 2. The number of carbonyl (C=O) groups excluding carboxylic acids is 2. The number of nitrogens with zero attached hydrogens (tertiary/aromatic N) is 1. The number of furan rings is 1. The molecule has 10 heteroatoms. The monoisotopic (exact) mass is 416 g/mol. The summed E-state index contributed by atoms with van der Waals surface area (Å²) in [6.07, 6.45) is 2.19. The minimum Gasteiger partial charge on any atom is -0.459 e. The first-order chi connectivity index (χ1) is 14.0. The number of benzene rings is 1. The Morgan fingerprint density at radius 2 is 1.93 bits per heavy atom. The zero-order valence-electron chi connectivity index (χ0n) is 15.3. The average Bonchev–Trinajstić information content (AvgIpc) is 3.24. The van der Waals surface area contributed by atoms with E-state index in [9.17, 15) is 18.8 Å². The molecule has 3 aromatic rings. The highest BCUT2D eigenvalue weighted by atomic mass is 32.2. The second-order valence-corrected chi connectivity index (χ2v) is 6.92. The molecule has 0 saturated carbocycles. The molecule has 0 bridgehead atoms. The maximum atomic E-state index is 13.1. The molecule has 0 radical (unpaired) electrons. The van der Waals surface area contributed by atoms with Crippen molar-refractivity contribution in [2.75, 3.05) is 16.4 Å². The fourth-order valence-corrected chi connectivity index (χ4v) is 3.01. The van der Waals surface area contributed by atoms with Crippen molar-refractivity contribution in [1.82, 2.24) is 9.97 Å². The highest BCUT2D eigenvalue weighted by Crippen LogP contribution is 2.21. The third-order valence-electron chi connectivity index (χ3n) is 3.66. The number of nitrogens with one attached hydrogen (secondary N) is 3. The SMILES string of the molecule is CCCSc1nc(NC(=O)c2ccco2)c(NC(=O)c2ccc(F)cc2)c(=O)[nH]1. The van der Waals surface area contributed by atoms with Crippen molar-refractivity contribution in [3.05, 3.63) is 70.2 Å². The van der Waals surface area contributed by atoms with Gasteiger partial charge < -0.3 is 15.1 Å². The zero-order valence-corrected chi connectivity index (χ0v) is 16.1.